The highest BCUT2D eigenvalue weighted by atomic mass is 14.3. The molecule has 0 aliphatic heterocycles. The van der Waals surface area contributed by atoms with Gasteiger partial charge in [0.05, 0.1) is 0 Å². The van der Waals surface area contributed by atoms with Crippen molar-refractivity contribution in [2.75, 3.05) is 0 Å². The summed E-state index contributed by atoms with van der Waals surface area (Å²) >= 11 is 0. The van der Waals surface area contributed by atoms with Gasteiger partial charge in [0.1, 0.15) is 0 Å². The molecular weight excluding hydrogens is 144 g/mol. The SMILES string of the molecule is [CH]1C=C1C1CCc2ccccc21.[HH]. The van der Waals surface area contributed by atoms with Crippen LogP contribution >= 0.6 is 0 Å². The van der Waals surface area contributed by atoms with Crippen molar-refractivity contribution in [3.8, 4) is 0 Å². The summed E-state index contributed by atoms with van der Waals surface area (Å²) in [4.78, 5) is 0. The van der Waals surface area contributed by atoms with E-state index in [0.717, 1.165) is 5.92 Å². The van der Waals surface area contributed by atoms with Crippen molar-refractivity contribution < 1.29 is 1.43 Å². The molecule has 0 spiro atoms. The fourth-order valence-electron chi connectivity index (χ4n) is 2.18. The monoisotopic (exact) mass is 157 g/mol. The third-order valence-electron chi connectivity index (χ3n) is 2.89. The van der Waals surface area contributed by atoms with Gasteiger partial charge in [0, 0.05) is 13.8 Å². The second kappa shape index (κ2) is 2.22. The maximum absolute atomic E-state index is 2.28. The van der Waals surface area contributed by atoms with Crippen molar-refractivity contribution in [1.82, 2.24) is 0 Å². The van der Waals surface area contributed by atoms with Crippen molar-refractivity contribution in [3.63, 3.8) is 0 Å². The molecule has 0 N–H and O–H groups in total. The second-order valence-electron chi connectivity index (χ2n) is 3.62. The van der Waals surface area contributed by atoms with Crippen LogP contribution in [0.3, 0.4) is 0 Å². The molecule has 1 radical (unpaired) electrons. The zero-order valence-electron chi connectivity index (χ0n) is 6.96. The molecule has 2 aliphatic rings. The largest absolute Gasteiger partial charge is 0.0760 e. The molecule has 0 amide bonds. The van der Waals surface area contributed by atoms with Gasteiger partial charge in [-0.1, -0.05) is 35.9 Å². The van der Waals surface area contributed by atoms with E-state index < -0.39 is 0 Å². The molecule has 0 bridgehead atoms. The number of hydrogen-bond donors (Lipinski definition) is 0. The van der Waals surface area contributed by atoms with Crippen LogP contribution < -0.4 is 0 Å². The number of rotatable bonds is 1. The molecule has 0 saturated carbocycles. The number of allylic oxidation sites excluding steroid dienone is 2. The Hall–Kier alpha value is -1.04. The predicted octanol–water partition coefficient (Wildman–Crippen LogP) is 3.11. The van der Waals surface area contributed by atoms with Gasteiger partial charge in [-0.05, 0) is 24.0 Å². The van der Waals surface area contributed by atoms with Gasteiger partial charge < -0.3 is 0 Å². The van der Waals surface area contributed by atoms with E-state index in [4.69, 9.17) is 0 Å². The Morgan fingerprint density at radius 2 is 2.08 bits per heavy atom. The summed E-state index contributed by atoms with van der Waals surface area (Å²) in [6, 6.07) is 8.84. The third-order valence-corrected chi connectivity index (χ3v) is 2.89. The van der Waals surface area contributed by atoms with Gasteiger partial charge in [0.2, 0.25) is 0 Å². The fraction of sp³-hybridized carbons (Fsp3) is 0.250. The van der Waals surface area contributed by atoms with Gasteiger partial charge in [-0.15, -0.1) is 0 Å². The van der Waals surface area contributed by atoms with Crippen LogP contribution in [-0.2, 0) is 6.42 Å². The Morgan fingerprint density at radius 3 is 2.92 bits per heavy atom. The van der Waals surface area contributed by atoms with Crippen LogP contribution in [0.1, 0.15) is 24.9 Å². The van der Waals surface area contributed by atoms with E-state index in [2.05, 4.69) is 36.8 Å². The van der Waals surface area contributed by atoms with Gasteiger partial charge in [-0.3, -0.25) is 0 Å². The zero-order valence-corrected chi connectivity index (χ0v) is 6.96. The average Bonchev–Trinajstić information content (AvgIpc) is 2.86. The van der Waals surface area contributed by atoms with E-state index in [1.807, 2.05) is 0 Å². The van der Waals surface area contributed by atoms with Crippen LogP contribution in [0.4, 0.5) is 0 Å². The second-order valence-corrected chi connectivity index (χ2v) is 3.62. The molecule has 3 rings (SSSR count). The molecular formula is C12H13. The first-order chi connectivity index (χ1) is 5.95. The van der Waals surface area contributed by atoms with Crippen molar-refractivity contribution in [2.45, 2.75) is 18.8 Å². The lowest BCUT2D eigenvalue weighted by atomic mass is 9.99. The normalized spacial score (nSPS) is 25.0. The summed E-state index contributed by atoms with van der Waals surface area (Å²) in [5, 5.41) is 0. The molecule has 1 unspecified atom stereocenters. The minimum atomic E-state index is 0. The first kappa shape index (κ1) is 6.47. The van der Waals surface area contributed by atoms with Crippen LogP contribution in [0, 0.1) is 6.42 Å². The highest BCUT2D eigenvalue weighted by molar-refractivity contribution is 5.51. The van der Waals surface area contributed by atoms with Gasteiger partial charge >= 0.3 is 0 Å². The molecule has 0 nitrogen and oxygen atoms in total. The molecule has 0 heterocycles. The molecule has 2 aliphatic carbocycles. The zero-order chi connectivity index (χ0) is 7.97. The Bertz CT molecular complexity index is 352. The Kier molecular flexibility index (Phi) is 1.20. The predicted molar refractivity (Wildman–Crippen MR) is 52.0 cm³/mol. The van der Waals surface area contributed by atoms with E-state index >= 15 is 0 Å². The lowest BCUT2D eigenvalue weighted by Crippen LogP contribution is -1.89. The van der Waals surface area contributed by atoms with E-state index in [1.54, 1.807) is 16.7 Å². The number of hydrogen-bond acceptors (Lipinski definition) is 0. The number of fused-ring (bicyclic) bond motifs is 1. The highest BCUT2D eigenvalue weighted by Crippen LogP contribution is 2.43. The molecule has 61 valence electrons. The molecule has 12 heavy (non-hydrogen) atoms. The molecule has 0 saturated heterocycles. The maximum Gasteiger partial charge on any atom is 0.00868 e. The first-order valence-corrected chi connectivity index (χ1v) is 4.58. The summed E-state index contributed by atoms with van der Waals surface area (Å²) in [6.45, 7) is 0. The van der Waals surface area contributed by atoms with E-state index in [-0.39, 0.29) is 1.43 Å². The lowest BCUT2D eigenvalue weighted by molar-refractivity contribution is 0.800. The van der Waals surface area contributed by atoms with Crippen LogP contribution in [0.5, 0.6) is 0 Å². The van der Waals surface area contributed by atoms with Crippen molar-refractivity contribution in [1.29, 1.82) is 0 Å². The Labute approximate surface area is 74.4 Å². The van der Waals surface area contributed by atoms with E-state index in [0.29, 0.717) is 0 Å². The summed E-state index contributed by atoms with van der Waals surface area (Å²) in [5.74, 6) is 0.737. The van der Waals surface area contributed by atoms with Gasteiger partial charge in [0.15, 0.2) is 0 Å². The molecule has 0 aromatic heterocycles. The van der Waals surface area contributed by atoms with Crippen LogP contribution in [-0.4, -0.2) is 0 Å². The molecule has 1 aromatic rings. The Balaban J connectivity index is 0.000000653. The molecule has 1 aromatic carbocycles. The molecule has 1 atom stereocenters. The van der Waals surface area contributed by atoms with Crippen molar-refractivity contribution in [2.24, 2.45) is 0 Å². The first-order valence-electron chi connectivity index (χ1n) is 4.58. The summed E-state index contributed by atoms with van der Waals surface area (Å²) in [7, 11) is 0. The van der Waals surface area contributed by atoms with Gasteiger partial charge in [-0.2, -0.15) is 0 Å². The smallest absolute Gasteiger partial charge is 0.00868 e. The average molecular weight is 157 g/mol. The van der Waals surface area contributed by atoms with Gasteiger partial charge in [-0.25, -0.2) is 0 Å². The standard InChI is InChI=1S/C12H11.H2/c1-2-4-11-9(3-1)7-8-12(11)10-5-6-10;/h1-6,12H,7-8H2;1H. The summed E-state index contributed by atoms with van der Waals surface area (Å²) in [6.07, 6.45) is 7.08. The van der Waals surface area contributed by atoms with Gasteiger partial charge in [0.25, 0.3) is 0 Å². The van der Waals surface area contributed by atoms with Crippen LogP contribution in [0.25, 0.3) is 0 Å². The van der Waals surface area contributed by atoms with Crippen molar-refractivity contribution in [3.05, 3.63) is 53.5 Å². The fourth-order valence-corrected chi connectivity index (χ4v) is 2.18. The minimum Gasteiger partial charge on any atom is -0.0760 e. The van der Waals surface area contributed by atoms with Crippen molar-refractivity contribution >= 4 is 0 Å². The topological polar surface area (TPSA) is 0 Å². The highest BCUT2D eigenvalue weighted by Gasteiger charge is 2.28. The lowest BCUT2D eigenvalue weighted by Gasteiger charge is -2.05. The molecule has 0 fully saturated rings. The van der Waals surface area contributed by atoms with E-state index in [1.165, 1.54) is 12.8 Å². The Morgan fingerprint density at radius 1 is 1.25 bits per heavy atom. The van der Waals surface area contributed by atoms with Crippen LogP contribution in [0.2, 0.25) is 0 Å². The quantitative estimate of drug-likeness (QED) is 0.587. The summed E-state index contributed by atoms with van der Waals surface area (Å²) < 4.78 is 0. The third kappa shape index (κ3) is 0.842. The van der Waals surface area contributed by atoms with Crippen LogP contribution in [0.15, 0.2) is 35.9 Å². The number of benzene rings is 1. The van der Waals surface area contributed by atoms with E-state index in [9.17, 15) is 0 Å². The molecule has 0 heteroatoms. The summed E-state index contributed by atoms with van der Waals surface area (Å²) in [5.41, 5.74) is 4.68. The number of aryl methyl sites for hydroxylation is 1. The minimum absolute atomic E-state index is 0. The maximum atomic E-state index is 2.28.